The maximum Gasteiger partial charge on any atom is 0.331 e. The van der Waals surface area contributed by atoms with Gasteiger partial charge in [-0.25, -0.2) is 14.4 Å². The lowest BCUT2D eigenvalue weighted by Gasteiger charge is -2.12. The first kappa shape index (κ1) is 45.6. The van der Waals surface area contributed by atoms with E-state index in [9.17, 15) is 37.2 Å². The lowest BCUT2D eigenvalue weighted by atomic mass is 10.1. The van der Waals surface area contributed by atoms with Gasteiger partial charge in [-0.2, -0.15) is 8.42 Å². The Balaban J connectivity index is 0.000000141. The number of nitrogens with zero attached hydrogens (tertiary/aromatic N) is 8. The molecule has 22 heteroatoms. The molecule has 3 atom stereocenters. The second kappa shape index (κ2) is 20.3. The molecule has 3 fully saturated rings. The van der Waals surface area contributed by atoms with Crippen LogP contribution in [0.2, 0.25) is 0 Å². The molecular formula is C40H49N9O12S. The zero-order valence-corrected chi connectivity index (χ0v) is 35.6. The summed E-state index contributed by atoms with van der Waals surface area (Å²) in [5.41, 5.74) is -0.204. The highest BCUT2D eigenvalue weighted by molar-refractivity contribution is 7.85. The minimum absolute atomic E-state index is 0.240. The Hall–Kier alpha value is -5.94. The topological polar surface area (TPSA) is 253 Å². The number of nitrogens with one attached hydrogen (secondary N) is 1. The Morgan fingerprint density at radius 2 is 1.03 bits per heavy atom. The van der Waals surface area contributed by atoms with Crippen LogP contribution < -0.4 is 33.7 Å². The van der Waals surface area contributed by atoms with Crippen LogP contribution in [0.3, 0.4) is 0 Å². The van der Waals surface area contributed by atoms with Gasteiger partial charge >= 0.3 is 17.1 Å². The Morgan fingerprint density at radius 1 is 0.629 bits per heavy atom. The highest BCUT2D eigenvalue weighted by atomic mass is 32.2. The number of aryl methyl sites for hydroxylation is 3. The first-order chi connectivity index (χ1) is 29.6. The van der Waals surface area contributed by atoms with Gasteiger partial charge in [-0.05, 0) is 37.5 Å². The maximum atomic E-state index is 12.4. The van der Waals surface area contributed by atoms with E-state index in [1.807, 2.05) is 0 Å². The third kappa shape index (κ3) is 10.9. The molecule has 9 rings (SSSR count). The molecular weight excluding hydrogens is 831 g/mol. The summed E-state index contributed by atoms with van der Waals surface area (Å²) in [6.45, 7) is 5.09. The van der Waals surface area contributed by atoms with Crippen LogP contribution in [-0.4, -0.2) is 104 Å². The van der Waals surface area contributed by atoms with Crippen LogP contribution >= 0.6 is 0 Å². The lowest BCUT2D eigenvalue weighted by molar-refractivity contribution is 0.169. The fourth-order valence-electron chi connectivity index (χ4n) is 7.13. The van der Waals surface area contributed by atoms with Crippen molar-refractivity contribution in [3.8, 4) is 0 Å². The first-order valence-electron chi connectivity index (χ1n) is 19.8. The van der Waals surface area contributed by atoms with Crippen LogP contribution in [0.1, 0.15) is 19.3 Å². The van der Waals surface area contributed by atoms with Gasteiger partial charge in [0.15, 0.2) is 0 Å². The smallest absolute Gasteiger partial charge is 0.331 e. The third-order valence-corrected chi connectivity index (χ3v) is 11.3. The van der Waals surface area contributed by atoms with Gasteiger partial charge in [0, 0.05) is 90.4 Å². The molecule has 0 aromatic carbocycles. The van der Waals surface area contributed by atoms with E-state index in [-0.39, 0.29) is 52.4 Å². The predicted octanol–water partition coefficient (Wildman–Crippen LogP) is -0.116. The molecule has 0 radical (unpaired) electrons. The average molecular weight is 880 g/mol. The Kier molecular flexibility index (Phi) is 14.9. The minimum Gasteiger partial charge on any atom is -0.381 e. The molecule has 0 amide bonds. The maximum absolute atomic E-state index is 12.4. The lowest BCUT2D eigenvalue weighted by Crippen LogP contribution is -2.40. The van der Waals surface area contributed by atoms with Gasteiger partial charge < -0.3 is 14.2 Å². The van der Waals surface area contributed by atoms with Crippen LogP contribution in [-0.2, 0) is 62.7 Å². The summed E-state index contributed by atoms with van der Waals surface area (Å²) in [6, 6.07) is 4.88. The molecule has 0 spiro atoms. The summed E-state index contributed by atoms with van der Waals surface area (Å²) in [5, 5.41) is 1.52. The van der Waals surface area contributed by atoms with Crippen LogP contribution in [0.4, 0.5) is 0 Å². The number of ether oxygens (including phenoxy) is 3. The van der Waals surface area contributed by atoms with Crippen molar-refractivity contribution >= 4 is 42.8 Å². The molecule has 3 saturated heterocycles. The number of hydrogen-bond acceptors (Lipinski definition) is 15. The first-order valence-corrected chi connectivity index (χ1v) is 21.6. The Bertz CT molecular complexity index is 2880. The van der Waals surface area contributed by atoms with Gasteiger partial charge in [0.2, 0.25) is 0 Å². The third-order valence-electron chi connectivity index (χ3n) is 10.7. The number of rotatable bonds is 7. The number of hydrogen-bond donors (Lipinski definition) is 1. The highest BCUT2D eigenvalue weighted by Gasteiger charge is 2.21. The minimum atomic E-state index is -3.27. The monoisotopic (exact) mass is 879 g/mol. The molecule has 21 nitrogen and oxygen atoms in total. The molecule has 3 aliphatic rings. The fraction of sp³-hybridized carbons (Fsp3) is 0.475. The van der Waals surface area contributed by atoms with E-state index in [0.29, 0.717) is 78.8 Å². The number of aromatic nitrogens is 9. The van der Waals surface area contributed by atoms with E-state index in [1.165, 1.54) is 35.2 Å². The second-order valence-corrected chi connectivity index (χ2v) is 16.8. The van der Waals surface area contributed by atoms with Crippen molar-refractivity contribution in [3.05, 3.63) is 118 Å². The molecule has 0 bridgehead atoms. The zero-order valence-electron chi connectivity index (χ0n) is 34.8. The molecule has 3 aliphatic heterocycles. The van der Waals surface area contributed by atoms with E-state index in [0.717, 1.165) is 32.1 Å². The quantitative estimate of drug-likeness (QED) is 0.205. The van der Waals surface area contributed by atoms with Gasteiger partial charge in [0.25, 0.3) is 26.8 Å². The number of pyridine rings is 3. The van der Waals surface area contributed by atoms with E-state index in [1.54, 1.807) is 64.1 Å². The average Bonchev–Trinajstić information content (AvgIpc) is 4.10. The van der Waals surface area contributed by atoms with Crippen molar-refractivity contribution in [3.63, 3.8) is 0 Å². The van der Waals surface area contributed by atoms with E-state index >= 15 is 0 Å². The van der Waals surface area contributed by atoms with Gasteiger partial charge in [0.1, 0.15) is 0 Å². The van der Waals surface area contributed by atoms with Crippen molar-refractivity contribution < 1.29 is 26.8 Å². The molecule has 9 heterocycles. The normalized spacial score (nSPS) is 18.5. The predicted molar refractivity (Wildman–Crippen MR) is 228 cm³/mol. The standard InChI is InChI=1S/2C13H15N3O3.C8H7N3O2.C6H12O4S/c2*1-15-11-6-14-4-2-10(11)12(17)16(13(15)18)7-9-3-5-19-8-9;1-11-6-4-9-3-2-5(6)7(12)10-8(11)13;1-11(7,8)10-5-6-2-3-9-4-6/h2*2,4,6,9H,3,5,7-8H2,1H3;2-4H,1H3,(H,10,12,13);6H,2-5H2,1H3. The number of fused-ring (bicyclic) bond motifs is 3. The van der Waals surface area contributed by atoms with Gasteiger partial charge in [0.05, 0.1) is 84.0 Å². The zero-order chi connectivity index (χ0) is 44.6. The molecule has 0 aliphatic carbocycles. The molecule has 62 heavy (non-hydrogen) atoms. The van der Waals surface area contributed by atoms with E-state index < -0.39 is 15.8 Å². The molecule has 6 aromatic rings. The van der Waals surface area contributed by atoms with Crippen LogP contribution in [0, 0.1) is 17.8 Å². The molecule has 332 valence electrons. The Labute approximate surface area is 353 Å². The van der Waals surface area contributed by atoms with Crippen molar-refractivity contribution in [2.24, 2.45) is 38.9 Å². The number of H-pyrrole nitrogens is 1. The van der Waals surface area contributed by atoms with E-state index in [4.69, 9.17) is 14.2 Å². The Morgan fingerprint density at radius 3 is 1.44 bits per heavy atom. The van der Waals surface area contributed by atoms with Crippen LogP contribution in [0.5, 0.6) is 0 Å². The number of aromatic amines is 1. The van der Waals surface area contributed by atoms with Crippen molar-refractivity contribution in [2.45, 2.75) is 32.4 Å². The van der Waals surface area contributed by atoms with Gasteiger partial charge in [-0.3, -0.25) is 61.3 Å². The molecule has 3 unspecified atom stereocenters. The summed E-state index contributed by atoms with van der Waals surface area (Å²) in [4.78, 5) is 85.6. The second-order valence-electron chi connectivity index (χ2n) is 15.2. The van der Waals surface area contributed by atoms with Crippen LogP contribution in [0.25, 0.3) is 32.7 Å². The summed E-state index contributed by atoms with van der Waals surface area (Å²) in [5.74, 6) is 0.735. The fourth-order valence-corrected chi connectivity index (χ4v) is 7.57. The molecule has 0 saturated carbocycles. The summed E-state index contributed by atoms with van der Waals surface area (Å²) in [6.07, 6.45) is 13.0. The van der Waals surface area contributed by atoms with Crippen molar-refractivity contribution in [2.75, 3.05) is 52.5 Å². The summed E-state index contributed by atoms with van der Waals surface area (Å²) >= 11 is 0. The van der Waals surface area contributed by atoms with Crippen molar-refractivity contribution in [1.29, 1.82) is 0 Å². The van der Waals surface area contributed by atoms with Gasteiger partial charge in [-0.1, -0.05) is 0 Å². The van der Waals surface area contributed by atoms with E-state index in [2.05, 4.69) is 24.1 Å². The molecule has 6 aromatic heterocycles. The highest BCUT2D eigenvalue weighted by Crippen LogP contribution is 2.16. The van der Waals surface area contributed by atoms with Crippen LogP contribution in [0.15, 0.2) is 84.1 Å². The summed E-state index contributed by atoms with van der Waals surface area (Å²) in [7, 11) is 1.64. The largest absolute Gasteiger partial charge is 0.381 e. The van der Waals surface area contributed by atoms with Crippen molar-refractivity contribution in [1.82, 2.24) is 42.8 Å². The SMILES string of the molecule is CS(=O)(=O)OCC1CCOC1.Cn1c(=O)[nH]c(=O)c2ccncc21.Cn1c(=O)n(CC2CCOC2)c(=O)c2ccncc21.Cn1c(=O)n(CC2CCOC2)c(=O)c2ccncc21. The summed E-state index contributed by atoms with van der Waals surface area (Å²) < 4.78 is 48.2. The molecule has 1 N–H and O–H groups in total. The van der Waals surface area contributed by atoms with Gasteiger partial charge in [-0.15, -0.1) is 0 Å².